The topological polar surface area (TPSA) is 24.1 Å². The van der Waals surface area contributed by atoms with E-state index in [4.69, 9.17) is 0 Å². The number of hydrogen-bond donors (Lipinski definition) is 2. The predicted octanol–water partition coefficient (Wildman–Crippen LogP) is 3.27. The van der Waals surface area contributed by atoms with Crippen LogP contribution in [0.1, 0.15) is 56.9 Å². The van der Waals surface area contributed by atoms with E-state index in [-0.39, 0.29) is 0 Å². The van der Waals surface area contributed by atoms with E-state index < -0.39 is 0 Å². The van der Waals surface area contributed by atoms with Gasteiger partial charge in [-0.2, -0.15) is 0 Å². The molecule has 0 aliphatic rings. The van der Waals surface area contributed by atoms with Crippen LogP contribution in [0.5, 0.6) is 0 Å². The molecule has 2 nitrogen and oxygen atoms in total. The second-order valence-electron chi connectivity index (χ2n) is 6.24. The summed E-state index contributed by atoms with van der Waals surface area (Å²) in [5, 5.41) is 7.01. The summed E-state index contributed by atoms with van der Waals surface area (Å²) in [7, 11) is 1.39. The maximum Gasteiger partial charge on any atom is 0.0206 e. The van der Waals surface area contributed by atoms with Crippen LogP contribution in [0.2, 0.25) is 6.04 Å². The van der Waals surface area contributed by atoms with Gasteiger partial charge in [-0.05, 0) is 18.5 Å². The zero-order chi connectivity index (χ0) is 15.7. The fourth-order valence-corrected chi connectivity index (χ4v) is 3.19. The maximum absolute atomic E-state index is 3.53. The first-order valence-corrected chi connectivity index (χ1v) is 10.8. The number of nitrogens with one attached hydrogen (secondary N) is 2. The molecule has 0 spiro atoms. The van der Waals surface area contributed by atoms with E-state index in [1.54, 1.807) is 0 Å². The van der Waals surface area contributed by atoms with Gasteiger partial charge in [0.25, 0.3) is 0 Å². The summed E-state index contributed by atoms with van der Waals surface area (Å²) in [6, 6.07) is 12.1. The number of rotatable bonds is 15. The number of unbranched alkanes of at least 4 members (excludes halogenated alkanes) is 7. The largest absolute Gasteiger partial charge is 0.315 e. The minimum Gasteiger partial charge on any atom is -0.315 e. The molecule has 0 unspecified atom stereocenters. The van der Waals surface area contributed by atoms with Gasteiger partial charge >= 0.3 is 0 Å². The molecule has 0 aromatic heterocycles. The SMILES string of the molecule is [SiH3]CCCCCCCCCCNCCNCc1ccccc1. The van der Waals surface area contributed by atoms with Gasteiger partial charge in [-0.1, -0.05) is 81.3 Å². The summed E-state index contributed by atoms with van der Waals surface area (Å²) in [6.45, 7) is 4.28. The average Bonchev–Trinajstić information content (AvgIpc) is 2.56. The lowest BCUT2D eigenvalue weighted by Crippen LogP contribution is -2.27. The standard InChI is InChI=1S/C19H36N2Si/c22-17-11-6-4-2-1-3-5-10-14-20-15-16-21-18-19-12-8-7-9-13-19/h7-9,12-13,20-21H,1-6,10-11,14-18H2,22H3. The van der Waals surface area contributed by atoms with Gasteiger partial charge in [0, 0.05) is 29.9 Å². The Bertz CT molecular complexity index is 329. The lowest BCUT2D eigenvalue weighted by molar-refractivity contribution is 0.546. The molecule has 0 bridgehead atoms. The molecule has 0 amide bonds. The molecule has 1 rings (SSSR count). The molecule has 0 fully saturated rings. The van der Waals surface area contributed by atoms with Crippen LogP contribution in [-0.2, 0) is 6.54 Å². The first-order valence-electron chi connectivity index (χ1n) is 9.39. The summed E-state index contributed by atoms with van der Waals surface area (Å²) >= 11 is 0. The molecular formula is C19H36N2Si. The highest BCUT2D eigenvalue weighted by molar-refractivity contribution is 6.08. The Kier molecular flexibility index (Phi) is 13.5. The molecule has 0 heterocycles. The van der Waals surface area contributed by atoms with Crippen LogP contribution in [-0.4, -0.2) is 29.9 Å². The van der Waals surface area contributed by atoms with Crippen molar-refractivity contribution in [3.63, 3.8) is 0 Å². The molecular weight excluding hydrogens is 284 g/mol. The van der Waals surface area contributed by atoms with Crippen LogP contribution in [0, 0.1) is 0 Å². The molecule has 1 aromatic rings. The summed E-state index contributed by atoms with van der Waals surface area (Å²) in [5.74, 6) is 0. The Hall–Kier alpha value is -0.643. The van der Waals surface area contributed by atoms with Crippen molar-refractivity contribution < 1.29 is 0 Å². The molecule has 0 aliphatic heterocycles. The van der Waals surface area contributed by atoms with E-state index in [2.05, 4.69) is 41.0 Å². The van der Waals surface area contributed by atoms with Crippen molar-refractivity contribution in [3.8, 4) is 0 Å². The van der Waals surface area contributed by atoms with E-state index in [1.807, 2.05) is 0 Å². The third-order valence-corrected chi connectivity index (χ3v) is 4.81. The van der Waals surface area contributed by atoms with Crippen molar-refractivity contribution in [3.05, 3.63) is 35.9 Å². The minimum absolute atomic E-state index is 0.975. The third-order valence-electron chi connectivity index (χ3n) is 4.11. The second-order valence-corrected chi connectivity index (χ2v) is 7.24. The zero-order valence-electron chi connectivity index (χ0n) is 14.6. The molecule has 0 radical (unpaired) electrons. The Balaban J connectivity index is 1.73. The van der Waals surface area contributed by atoms with E-state index in [9.17, 15) is 0 Å². The van der Waals surface area contributed by atoms with E-state index in [1.165, 1.54) is 79.8 Å². The second kappa shape index (κ2) is 15.3. The Morgan fingerprint density at radius 3 is 1.91 bits per heavy atom. The highest BCUT2D eigenvalue weighted by atomic mass is 28.1. The normalized spacial score (nSPS) is 11.1. The lowest BCUT2D eigenvalue weighted by Gasteiger charge is -2.07. The van der Waals surface area contributed by atoms with Crippen molar-refractivity contribution in [2.75, 3.05) is 19.6 Å². The summed E-state index contributed by atoms with van der Waals surface area (Å²) in [5.41, 5.74) is 1.36. The van der Waals surface area contributed by atoms with Crippen molar-refractivity contribution in [1.29, 1.82) is 0 Å². The van der Waals surface area contributed by atoms with Gasteiger partial charge in [0.15, 0.2) is 0 Å². The van der Waals surface area contributed by atoms with E-state index >= 15 is 0 Å². The van der Waals surface area contributed by atoms with Gasteiger partial charge < -0.3 is 10.6 Å². The lowest BCUT2D eigenvalue weighted by atomic mass is 10.1. The van der Waals surface area contributed by atoms with Gasteiger partial charge in [0.1, 0.15) is 0 Å². The fourth-order valence-electron chi connectivity index (χ4n) is 2.69. The molecule has 1 aromatic carbocycles. The van der Waals surface area contributed by atoms with Crippen LogP contribution in [0.4, 0.5) is 0 Å². The maximum atomic E-state index is 3.53. The molecule has 0 aliphatic carbocycles. The predicted molar refractivity (Wildman–Crippen MR) is 103 cm³/mol. The van der Waals surface area contributed by atoms with Gasteiger partial charge in [0.05, 0.1) is 0 Å². The van der Waals surface area contributed by atoms with Crippen LogP contribution < -0.4 is 10.6 Å². The number of benzene rings is 1. The molecule has 3 heteroatoms. The minimum atomic E-state index is 0.975. The summed E-state index contributed by atoms with van der Waals surface area (Å²) < 4.78 is 0. The summed E-state index contributed by atoms with van der Waals surface area (Å²) in [6.07, 6.45) is 11.5. The average molecular weight is 321 g/mol. The molecule has 0 saturated heterocycles. The quantitative estimate of drug-likeness (QED) is 0.383. The number of hydrogen-bond acceptors (Lipinski definition) is 2. The van der Waals surface area contributed by atoms with Crippen LogP contribution in [0.3, 0.4) is 0 Å². The first-order chi connectivity index (χ1) is 10.9. The Labute approximate surface area is 140 Å². The highest BCUT2D eigenvalue weighted by Crippen LogP contribution is 2.08. The van der Waals surface area contributed by atoms with Crippen molar-refractivity contribution in [2.24, 2.45) is 0 Å². The van der Waals surface area contributed by atoms with E-state index in [0.717, 1.165) is 19.6 Å². The van der Waals surface area contributed by atoms with Crippen molar-refractivity contribution >= 4 is 10.2 Å². The van der Waals surface area contributed by atoms with Gasteiger partial charge in [-0.25, -0.2) is 0 Å². The molecule has 22 heavy (non-hydrogen) atoms. The first kappa shape index (κ1) is 19.4. The van der Waals surface area contributed by atoms with Crippen molar-refractivity contribution in [2.45, 2.75) is 64.0 Å². The summed E-state index contributed by atoms with van der Waals surface area (Å²) in [4.78, 5) is 0. The van der Waals surface area contributed by atoms with Gasteiger partial charge in [-0.15, -0.1) is 0 Å². The monoisotopic (exact) mass is 320 g/mol. The Morgan fingerprint density at radius 1 is 0.636 bits per heavy atom. The van der Waals surface area contributed by atoms with Crippen LogP contribution in [0.15, 0.2) is 30.3 Å². The zero-order valence-corrected chi connectivity index (χ0v) is 16.6. The van der Waals surface area contributed by atoms with Crippen LogP contribution in [0.25, 0.3) is 0 Å². The third kappa shape index (κ3) is 12.0. The molecule has 2 N–H and O–H groups in total. The highest BCUT2D eigenvalue weighted by Gasteiger charge is 1.93. The smallest absolute Gasteiger partial charge is 0.0206 e. The fraction of sp³-hybridized carbons (Fsp3) is 0.684. The molecule has 126 valence electrons. The van der Waals surface area contributed by atoms with Gasteiger partial charge in [-0.3, -0.25) is 0 Å². The molecule has 0 atom stereocenters. The van der Waals surface area contributed by atoms with Crippen LogP contribution >= 0.6 is 0 Å². The Morgan fingerprint density at radius 2 is 1.23 bits per heavy atom. The molecule has 0 saturated carbocycles. The van der Waals surface area contributed by atoms with Gasteiger partial charge in [0.2, 0.25) is 0 Å². The van der Waals surface area contributed by atoms with E-state index in [0.29, 0.717) is 0 Å². The van der Waals surface area contributed by atoms with Crippen molar-refractivity contribution in [1.82, 2.24) is 10.6 Å².